The number of hydrogen-bond acceptors (Lipinski definition) is 5. The SMILES string of the molecule is CCCCNC(=O)C(c1cccc(C)c1)N(C(=O)C(CO)NC(=O)OC(C)(C)C)C1CC1C. The average Bonchev–Trinajstić information content (AvgIpc) is 3.44. The van der Waals surface area contributed by atoms with E-state index in [1.165, 1.54) is 0 Å². The molecule has 8 nitrogen and oxygen atoms in total. The number of carbonyl (C=O) groups is 3. The predicted molar refractivity (Wildman–Crippen MR) is 126 cm³/mol. The fourth-order valence-electron chi connectivity index (χ4n) is 3.75. The van der Waals surface area contributed by atoms with Crippen LogP contribution in [-0.2, 0) is 14.3 Å². The maximum absolute atomic E-state index is 13.7. The highest BCUT2D eigenvalue weighted by molar-refractivity contribution is 5.92. The predicted octanol–water partition coefficient (Wildman–Crippen LogP) is 3.08. The van der Waals surface area contributed by atoms with Crippen LogP contribution in [0.2, 0.25) is 0 Å². The zero-order valence-corrected chi connectivity index (χ0v) is 20.7. The summed E-state index contributed by atoms with van der Waals surface area (Å²) in [6.45, 7) is 11.1. The standard InChI is InChI=1S/C25H39N3O5/c1-7-8-12-26-22(30)21(18-11-9-10-16(2)13-18)28(20-14-17(20)3)23(31)19(15-29)27-24(32)33-25(4,5)6/h9-11,13,17,19-21,29H,7-8,12,14-15H2,1-6H3,(H,26,30)(H,27,32). The Morgan fingerprint density at radius 2 is 1.94 bits per heavy atom. The van der Waals surface area contributed by atoms with Gasteiger partial charge in [-0.05, 0) is 52.0 Å². The summed E-state index contributed by atoms with van der Waals surface area (Å²) in [6.07, 6.45) is 1.73. The van der Waals surface area contributed by atoms with Crippen LogP contribution in [0.4, 0.5) is 4.79 Å². The van der Waals surface area contributed by atoms with Crippen LogP contribution in [0.5, 0.6) is 0 Å². The molecule has 0 aromatic heterocycles. The number of amides is 3. The van der Waals surface area contributed by atoms with Gasteiger partial charge in [-0.2, -0.15) is 0 Å². The van der Waals surface area contributed by atoms with Crippen molar-refractivity contribution in [2.45, 2.75) is 84.5 Å². The van der Waals surface area contributed by atoms with E-state index in [1.54, 1.807) is 25.7 Å². The second-order valence-corrected chi connectivity index (χ2v) is 9.87. The molecule has 8 heteroatoms. The Hall–Kier alpha value is -2.61. The number of rotatable bonds is 10. The average molecular weight is 462 g/mol. The topological polar surface area (TPSA) is 108 Å². The maximum Gasteiger partial charge on any atom is 0.408 e. The van der Waals surface area contributed by atoms with Crippen LogP contribution < -0.4 is 10.6 Å². The lowest BCUT2D eigenvalue weighted by Crippen LogP contribution is -2.55. The Labute approximate surface area is 197 Å². The van der Waals surface area contributed by atoms with E-state index in [-0.39, 0.29) is 17.9 Å². The molecule has 33 heavy (non-hydrogen) atoms. The molecule has 2 rings (SSSR count). The van der Waals surface area contributed by atoms with Gasteiger partial charge in [0.25, 0.3) is 0 Å². The molecule has 184 valence electrons. The van der Waals surface area contributed by atoms with Gasteiger partial charge in [0, 0.05) is 12.6 Å². The van der Waals surface area contributed by atoms with E-state index in [0.29, 0.717) is 12.1 Å². The van der Waals surface area contributed by atoms with E-state index in [0.717, 1.165) is 24.8 Å². The number of aliphatic hydroxyl groups excluding tert-OH is 1. The van der Waals surface area contributed by atoms with Crippen molar-refractivity contribution in [2.75, 3.05) is 13.2 Å². The maximum atomic E-state index is 13.7. The fraction of sp³-hybridized carbons (Fsp3) is 0.640. The number of hydrogen-bond donors (Lipinski definition) is 3. The highest BCUT2D eigenvalue weighted by Crippen LogP contribution is 2.40. The third-order valence-electron chi connectivity index (χ3n) is 5.56. The van der Waals surface area contributed by atoms with Crippen molar-refractivity contribution in [3.63, 3.8) is 0 Å². The lowest BCUT2D eigenvalue weighted by Gasteiger charge is -2.34. The van der Waals surface area contributed by atoms with Gasteiger partial charge in [0.05, 0.1) is 6.61 Å². The normalized spacial score (nSPS) is 19.2. The molecule has 0 aliphatic heterocycles. The second kappa shape index (κ2) is 11.5. The molecule has 3 N–H and O–H groups in total. The van der Waals surface area contributed by atoms with Crippen molar-refractivity contribution >= 4 is 17.9 Å². The molecule has 0 bridgehead atoms. The Kier molecular flexibility index (Phi) is 9.28. The summed E-state index contributed by atoms with van der Waals surface area (Å²) < 4.78 is 5.26. The molecule has 0 radical (unpaired) electrons. The van der Waals surface area contributed by atoms with Crippen molar-refractivity contribution < 1.29 is 24.2 Å². The number of carbonyl (C=O) groups excluding carboxylic acids is 3. The molecular weight excluding hydrogens is 422 g/mol. The first kappa shape index (κ1) is 26.6. The number of aliphatic hydroxyl groups is 1. The van der Waals surface area contributed by atoms with Crippen molar-refractivity contribution in [1.29, 1.82) is 0 Å². The summed E-state index contributed by atoms with van der Waals surface area (Å²) in [5.74, 6) is -0.559. The molecule has 4 unspecified atom stereocenters. The Morgan fingerprint density at radius 1 is 1.27 bits per heavy atom. The highest BCUT2D eigenvalue weighted by atomic mass is 16.6. The minimum Gasteiger partial charge on any atom is -0.444 e. The highest BCUT2D eigenvalue weighted by Gasteiger charge is 2.48. The van der Waals surface area contributed by atoms with Gasteiger partial charge in [0.2, 0.25) is 11.8 Å². The summed E-state index contributed by atoms with van der Waals surface area (Å²) >= 11 is 0. The van der Waals surface area contributed by atoms with Gasteiger partial charge >= 0.3 is 6.09 Å². The van der Waals surface area contributed by atoms with Gasteiger partial charge in [0.1, 0.15) is 17.7 Å². The van der Waals surface area contributed by atoms with Gasteiger partial charge in [0.15, 0.2) is 0 Å². The number of unbranched alkanes of at least 4 members (excludes halogenated alkanes) is 1. The third kappa shape index (κ3) is 7.74. The molecule has 4 atom stereocenters. The minimum atomic E-state index is -1.22. The molecule has 1 fully saturated rings. The molecule has 1 aliphatic rings. The van der Waals surface area contributed by atoms with Crippen LogP contribution in [0.3, 0.4) is 0 Å². The number of benzene rings is 1. The first-order valence-electron chi connectivity index (χ1n) is 11.7. The van der Waals surface area contributed by atoms with Gasteiger partial charge in [-0.15, -0.1) is 0 Å². The molecule has 0 heterocycles. The van der Waals surface area contributed by atoms with Crippen molar-refractivity contribution in [1.82, 2.24) is 15.5 Å². The molecular formula is C25H39N3O5. The van der Waals surface area contributed by atoms with Gasteiger partial charge in [-0.25, -0.2) is 4.79 Å². The largest absolute Gasteiger partial charge is 0.444 e. The Balaban J connectivity index is 2.38. The van der Waals surface area contributed by atoms with Crippen LogP contribution in [0.15, 0.2) is 24.3 Å². The van der Waals surface area contributed by atoms with Crippen LogP contribution in [0.1, 0.15) is 71.0 Å². The summed E-state index contributed by atoms with van der Waals surface area (Å²) in [5.41, 5.74) is 0.923. The number of aryl methyl sites for hydroxylation is 1. The number of ether oxygens (including phenoxy) is 1. The number of nitrogens with zero attached hydrogens (tertiary/aromatic N) is 1. The van der Waals surface area contributed by atoms with Crippen molar-refractivity contribution in [3.05, 3.63) is 35.4 Å². The Morgan fingerprint density at radius 3 is 2.45 bits per heavy atom. The molecule has 1 aromatic rings. The van der Waals surface area contributed by atoms with E-state index < -0.39 is 36.3 Å². The summed E-state index contributed by atoms with van der Waals surface area (Å²) in [5, 5.41) is 15.4. The summed E-state index contributed by atoms with van der Waals surface area (Å²) in [6, 6.07) is 5.28. The van der Waals surface area contributed by atoms with Crippen molar-refractivity contribution in [3.8, 4) is 0 Å². The summed E-state index contributed by atoms with van der Waals surface area (Å²) in [7, 11) is 0. The monoisotopic (exact) mass is 461 g/mol. The van der Waals surface area contributed by atoms with Crippen LogP contribution in [-0.4, -0.2) is 58.8 Å². The van der Waals surface area contributed by atoms with Crippen LogP contribution in [0, 0.1) is 12.8 Å². The fourth-order valence-corrected chi connectivity index (χ4v) is 3.75. The Bertz CT molecular complexity index is 836. The molecule has 1 saturated carbocycles. The van der Waals surface area contributed by atoms with Gasteiger partial charge in [-0.3, -0.25) is 9.59 Å². The van der Waals surface area contributed by atoms with Crippen LogP contribution in [0.25, 0.3) is 0 Å². The lowest BCUT2D eigenvalue weighted by molar-refractivity contribution is -0.144. The first-order chi connectivity index (χ1) is 15.5. The number of nitrogens with one attached hydrogen (secondary N) is 2. The molecule has 1 aromatic carbocycles. The van der Waals surface area contributed by atoms with E-state index in [1.807, 2.05) is 45.0 Å². The third-order valence-corrected chi connectivity index (χ3v) is 5.56. The second-order valence-electron chi connectivity index (χ2n) is 9.87. The smallest absolute Gasteiger partial charge is 0.408 e. The van der Waals surface area contributed by atoms with E-state index in [4.69, 9.17) is 4.74 Å². The molecule has 0 spiro atoms. The van der Waals surface area contributed by atoms with E-state index in [2.05, 4.69) is 10.6 Å². The van der Waals surface area contributed by atoms with Gasteiger partial charge < -0.3 is 25.4 Å². The van der Waals surface area contributed by atoms with E-state index in [9.17, 15) is 19.5 Å². The minimum absolute atomic E-state index is 0.158. The number of alkyl carbamates (subject to hydrolysis) is 1. The van der Waals surface area contributed by atoms with Crippen LogP contribution >= 0.6 is 0 Å². The quantitative estimate of drug-likeness (QED) is 0.464. The first-order valence-corrected chi connectivity index (χ1v) is 11.7. The molecule has 1 aliphatic carbocycles. The molecule has 0 saturated heterocycles. The van der Waals surface area contributed by atoms with E-state index >= 15 is 0 Å². The zero-order valence-electron chi connectivity index (χ0n) is 20.7. The van der Waals surface area contributed by atoms with Crippen molar-refractivity contribution in [2.24, 2.45) is 5.92 Å². The zero-order chi connectivity index (χ0) is 24.8. The van der Waals surface area contributed by atoms with Gasteiger partial charge in [-0.1, -0.05) is 50.1 Å². The lowest BCUT2D eigenvalue weighted by atomic mass is 10.0. The molecule has 3 amide bonds. The summed E-state index contributed by atoms with van der Waals surface area (Å²) in [4.78, 5) is 40.9.